The number of hydrogen-bond acceptors (Lipinski definition) is 2. The summed E-state index contributed by atoms with van der Waals surface area (Å²) >= 11 is -3.19. The molecule has 12 heavy (non-hydrogen) atoms. The van der Waals surface area contributed by atoms with E-state index < -0.39 is 15.0 Å². The molecule has 0 radical (unpaired) electrons. The van der Waals surface area contributed by atoms with Gasteiger partial charge < -0.3 is 0 Å². The van der Waals surface area contributed by atoms with Gasteiger partial charge in [0.15, 0.2) is 0 Å². The maximum absolute atomic E-state index is 10.8. The predicted molar refractivity (Wildman–Crippen MR) is 54.0 cm³/mol. The van der Waals surface area contributed by atoms with Gasteiger partial charge in [-0.15, -0.1) is 0 Å². The van der Waals surface area contributed by atoms with Crippen LogP contribution < -0.4 is 0 Å². The summed E-state index contributed by atoms with van der Waals surface area (Å²) in [5, 5.41) is 0. The van der Waals surface area contributed by atoms with Crippen molar-refractivity contribution in [2.24, 2.45) is 0 Å². The van der Waals surface area contributed by atoms with E-state index in [1.807, 2.05) is 0 Å². The summed E-state index contributed by atoms with van der Waals surface area (Å²) < 4.78 is 5.29. The minimum atomic E-state index is -3.19. The number of esters is 1. The maximum atomic E-state index is 10.8. The second-order valence-electron chi connectivity index (χ2n) is 2.27. The zero-order chi connectivity index (χ0) is 9.61. The Morgan fingerprint density at radius 1 is 1.42 bits per heavy atom. The third kappa shape index (κ3) is 9.23. The molecule has 72 valence electrons. The van der Waals surface area contributed by atoms with Gasteiger partial charge in [0, 0.05) is 0 Å². The van der Waals surface area contributed by atoms with Crippen molar-refractivity contribution in [1.29, 1.82) is 0 Å². The van der Waals surface area contributed by atoms with Gasteiger partial charge in [0.25, 0.3) is 0 Å². The van der Waals surface area contributed by atoms with E-state index >= 15 is 0 Å². The zero-order valence-corrected chi connectivity index (χ0v) is 11.9. The van der Waals surface area contributed by atoms with Crippen molar-refractivity contribution in [3.63, 3.8) is 0 Å². The van der Waals surface area contributed by atoms with Crippen LogP contribution in [0.2, 0.25) is 4.44 Å². The molecule has 0 atom stereocenters. The van der Waals surface area contributed by atoms with Crippen LogP contribution in [-0.4, -0.2) is 27.6 Å². The van der Waals surface area contributed by atoms with Crippen molar-refractivity contribution in [3.8, 4) is 0 Å². The molecule has 0 unspecified atom stereocenters. The normalized spacial score (nSPS) is 11.3. The molecule has 0 fully saturated rings. The Bertz CT molecular complexity index is 146. The van der Waals surface area contributed by atoms with Gasteiger partial charge in [0.1, 0.15) is 0 Å². The van der Waals surface area contributed by atoms with Crippen molar-refractivity contribution >= 4 is 47.7 Å². The van der Waals surface area contributed by atoms with Gasteiger partial charge in [-0.2, -0.15) is 0 Å². The number of ether oxygens (including phenoxy) is 1. The Balaban J connectivity index is 3.37. The molecule has 0 aliphatic rings. The SMILES string of the molecule is CCOC(=O)CC[CH2][Sn]([Cl])([Cl])[Cl]. The van der Waals surface area contributed by atoms with E-state index in [1.165, 1.54) is 0 Å². The first-order valence-electron chi connectivity index (χ1n) is 3.68. The van der Waals surface area contributed by atoms with Crippen LogP contribution >= 0.6 is 26.8 Å². The fraction of sp³-hybridized carbons (Fsp3) is 0.833. The van der Waals surface area contributed by atoms with Gasteiger partial charge in [-0.3, -0.25) is 0 Å². The van der Waals surface area contributed by atoms with Gasteiger partial charge in [-0.05, 0) is 0 Å². The number of hydrogen-bond donors (Lipinski definition) is 0. The van der Waals surface area contributed by atoms with Crippen LogP contribution in [0.5, 0.6) is 0 Å². The molecule has 0 N–H and O–H groups in total. The quantitative estimate of drug-likeness (QED) is 0.568. The Labute approximate surface area is 87.5 Å². The molecule has 6 heteroatoms. The average molecular weight is 340 g/mol. The molecule has 0 saturated carbocycles. The van der Waals surface area contributed by atoms with Gasteiger partial charge in [-0.25, -0.2) is 0 Å². The van der Waals surface area contributed by atoms with Crippen LogP contribution in [0, 0.1) is 0 Å². The van der Waals surface area contributed by atoms with E-state index in [1.54, 1.807) is 6.92 Å². The molecule has 0 saturated heterocycles. The summed E-state index contributed by atoms with van der Waals surface area (Å²) in [5.41, 5.74) is 0. The summed E-state index contributed by atoms with van der Waals surface area (Å²) in [6, 6.07) is 0. The standard InChI is InChI=1S/C6H11O2.3ClH.Sn/c1-3-5-6(7)8-4-2;;;;/h1,3-5H2,2H3;3*1H;/q;;;;+3/p-3. The molecule has 0 rings (SSSR count). The van der Waals surface area contributed by atoms with Crippen molar-refractivity contribution in [3.05, 3.63) is 0 Å². The van der Waals surface area contributed by atoms with Crippen molar-refractivity contribution in [1.82, 2.24) is 0 Å². The van der Waals surface area contributed by atoms with E-state index in [0.717, 1.165) is 0 Å². The Kier molecular flexibility index (Phi) is 7.20. The van der Waals surface area contributed by atoms with Gasteiger partial charge in [0.2, 0.25) is 0 Å². The molecule has 0 aromatic rings. The number of carbonyl (C=O) groups is 1. The van der Waals surface area contributed by atoms with E-state index in [4.69, 9.17) is 31.5 Å². The van der Waals surface area contributed by atoms with Crippen LogP contribution in [0.3, 0.4) is 0 Å². The number of carbonyl (C=O) groups excluding carboxylic acids is 1. The molecule has 2 nitrogen and oxygen atoms in total. The predicted octanol–water partition coefficient (Wildman–Crippen LogP) is 2.99. The van der Waals surface area contributed by atoms with E-state index in [2.05, 4.69) is 0 Å². The fourth-order valence-corrected chi connectivity index (χ4v) is 5.00. The molecule has 0 spiro atoms. The molecule has 0 aromatic carbocycles. The first-order chi connectivity index (χ1) is 5.45. The molecule has 0 aliphatic heterocycles. The molecule has 0 amide bonds. The number of rotatable bonds is 5. The summed E-state index contributed by atoms with van der Waals surface area (Å²) in [6.45, 7) is 2.18. The van der Waals surface area contributed by atoms with Crippen molar-refractivity contribution < 1.29 is 9.53 Å². The monoisotopic (exact) mass is 340 g/mol. The topological polar surface area (TPSA) is 26.3 Å². The summed E-state index contributed by atoms with van der Waals surface area (Å²) in [7, 11) is 17.0. The van der Waals surface area contributed by atoms with E-state index in [-0.39, 0.29) is 5.97 Å². The first kappa shape index (κ1) is 13.1. The van der Waals surface area contributed by atoms with Crippen LogP contribution in [0.1, 0.15) is 19.8 Å². The third-order valence-corrected chi connectivity index (χ3v) is 7.58. The zero-order valence-electron chi connectivity index (χ0n) is 6.78. The number of halogens is 3. The molecule has 0 aromatic heterocycles. The average Bonchev–Trinajstić information content (AvgIpc) is 1.84. The molecular formula is C6H11Cl3O2Sn. The first-order valence-corrected chi connectivity index (χ1v) is 16.5. The molecule has 0 heterocycles. The van der Waals surface area contributed by atoms with Crippen LogP contribution in [0.15, 0.2) is 0 Å². The minimum absolute atomic E-state index is 0.210. The molecule has 0 aliphatic carbocycles. The van der Waals surface area contributed by atoms with Crippen LogP contribution in [-0.2, 0) is 9.53 Å². The Morgan fingerprint density at radius 2 is 2.00 bits per heavy atom. The van der Waals surface area contributed by atoms with E-state index in [0.29, 0.717) is 23.9 Å². The van der Waals surface area contributed by atoms with Gasteiger partial charge in [0.05, 0.1) is 0 Å². The fourth-order valence-electron chi connectivity index (χ4n) is 0.666. The van der Waals surface area contributed by atoms with Crippen LogP contribution in [0.4, 0.5) is 0 Å². The van der Waals surface area contributed by atoms with Gasteiger partial charge in [-0.1, -0.05) is 0 Å². The van der Waals surface area contributed by atoms with Crippen molar-refractivity contribution in [2.75, 3.05) is 6.61 Å². The van der Waals surface area contributed by atoms with Crippen LogP contribution in [0.25, 0.3) is 0 Å². The Hall–Kier alpha value is 1.14. The summed E-state index contributed by atoms with van der Waals surface area (Å²) in [5.74, 6) is -0.210. The molecular weight excluding hydrogens is 329 g/mol. The van der Waals surface area contributed by atoms with Gasteiger partial charge >= 0.3 is 88.1 Å². The third-order valence-electron chi connectivity index (χ3n) is 1.15. The van der Waals surface area contributed by atoms with E-state index in [9.17, 15) is 4.79 Å². The second-order valence-corrected chi connectivity index (χ2v) is 24.1. The molecule has 0 bridgehead atoms. The Morgan fingerprint density at radius 3 is 2.42 bits per heavy atom. The van der Waals surface area contributed by atoms with Crippen molar-refractivity contribution in [2.45, 2.75) is 24.2 Å². The second kappa shape index (κ2) is 6.57. The summed E-state index contributed by atoms with van der Waals surface area (Å²) in [4.78, 5) is 10.8. The summed E-state index contributed by atoms with van der Waals surface area (Å²) in [6.07, 6.45) is 0.990.